The standard InChI is InChI=1S/C21H24N2O5S2/c1-3-28-20(24)18-17(13-30(26,27)16-7-5-4-6-8-16)22-21(25)23-19(18)14-9-11-15(29-2)12-10-14/h4-12,17-19H,3,13H2,1-2H3,(H2,22,23,25). The van der Waals surface area contributed by atoms with Crippen LogP contribution < -0.4 is 10.6 Å². The highest BCUT2D eigenvalue weighted by Crippen LogP contribution is 2.31. The monoisotopic (exact) mass is 448 g/mol. The van der Waals surface area contributed by atoms with Crippen LogP contribution in [0.2, 0.25) is 0 Å². The number of esters is 1. The fourth-order valence-electron chi connectivity index (χ4n) is 3.51. The molecule has 0 aliphatic carbocycles. The number of hydrogen-bond acceptors (Lipinski definition) is 6. The maximum Gasteiger partial charge on any atom is 0.315 e. The average molecular weight is 449 g/mol. The van der Waals surface area contributed by atoms with Crippen LogP contribution in [0.4, 0.5) is 4.79 Å². The number of carbonyl (C=O) groups is 2. The number of benzene rings is 2. The SMILES string of the molecule is CCOC(=O)C1C(CS(=O)(=O)c2ccccc2)NC(=O)NC1c1ccc(SC)cc1. The van der Waals surface area contributed by atoms with E-state index in [1.54, 1.807) is 36.9 Å². The molecule has 0 radical (unpaired) electrons. The van der Waals surface area contributed by atoms with Crippen molar-refractivity contribution in [1.29, 1.82) is 0 Å². The largest absolute Gasteiger partial charge is 0.466 e. The Hall–Kier alpha value is -2.52. The Morgan fingerprint density at radius 3 is 2.33 bits per heavy atom. The molecular formula is C21H24N2O5S2. The predicted octanol–water partition coefficient (Wildman–Crippen LogP) is 2.78. The van der Waals surface area contributed by atoms with E-state index in [0.717, 1.165) is 4.90 Å². The summed E-state index contributed by atoms with van der Waals surface area (Å²) >= 11 is 1.58. The zero-order valence-electron chi connectivity index (χ0n) is 16.7. The van der Waals surface area contributed by atoms with Crippen LogP contribution in [0.15, 0.2) is 64.4 Å². The van der Waals surface area contributed by atoms with E-state index in [9.17, 15) is 18.0 Å². The number of hydrogen-bond donors (Lipinski definition) is 2. The van der Waals surface area contributed by atoms with Gasteiger partial charge in [0.2, 0.25) is 0 Å². The van der Waals surface area contributed by atoms with E-state index in [4.69, 9.17) is 4.74 Å². The summed E-state index contributed by atoms with van der Waals surface area (Å²) in [5, 5.41) is 5.38. The van der Waals surface area contributed by atoms with Gasteiger partial charge >= 0.3 is 12.0 Å². The molecule has 1 aliphatic heterocycles. The highest BCUT2D eigenvalue weighted by Gasteiger charge is 2.44. The van der Waals surface area contributed by atoms with Crippen molar-refractivity contribution in [3.8, 4) is 0 Å². The maximum absolute atomic E-state index is 12.9. The van der Waals surface area contributed by atoms with Gasteiger partial charge in [-0.15, -0.1) is 11.8 Å². The fraction of sp³-hybridized carbons (Fsp3) is 0.333. The van der Waals surface area contributed by atoms with Crippen LogP contribution in [0, 0.1) is 5.92 Å². The minimum Gasteiger partial charge on any atom is -0.466 e. The predicted molar refractivity (Wildman–Crippen MR) is 115 cm³/mol. The minimum absolute atomic E-state index is 0.140. The van der Waals surface area contributed by atoms with Crippen LogP contribution in [-0.2, 0) is 19.4 Å². The van der Waals surface area contributed by atoms with Crippen molar-refractivity contribution >= 4 is 33.6 Å². The molecular weight excluding hydrogens is 424 g/mol. The second-order valence-electron chi connectivity index (χ2n) is 6.85. The number of carbonyl (C=O) groups excluding carboxylic acids is 2. The molecule has 0 bridgehead atoms. The van der Waals surface area contributed by atoms with Crippen LogP contribution in [0.1, 0.15) is 18.5 Å². The summed E-state index contributed by atoms with van der Waals surface area (Å²) in [6.45, 7) is 1.84. The minimum atomic E-state index is -3.73. The first-order chi connectivity index (χ1) is 14.4. The number of thioether (sulfide) groups is 1. The molecule has 2 aromatic carbocycles. The number of amides is 2. The van der Waals surface area contributed by atoms with E-state index in [2.05, 4.69) is 10.6 Å². The first-order valence-corrected chi connectivity index (χ1v) is 12.4. The highest BCUT2D eigenvalue weighted by atomic mass is 32.2. The van der Waals surface area contributed by atoms with Crippen molar-refractivity contribution in [2.45, 2.75) is 28.8 Å². The van der Waals surface area contributed by atoms with Gasteiger partial charge in [0.05, 0.1) is 29.3 Å². The van der Waals surface area contributed by atoms with Gasteiger partial charge in [0, 0.05) is 4.90 Å². The van der Waals surface area contributed by atoms with Crippen molar-refractivity contribution in [2.75, 3.05) is 18.6 Å². The third-order valence-corrected chi connectivity index (χ3v) is 7.46. The molecule has 160 valence electrons. The molecule has 0 spiro atoms. The van der Waals surface area contributed by atoms with Gasteiger partial charge in [-0.2, -0.15) is 0 Å². The van der Waals surface area contributed by atoms with Gasteiger partial charge in [0.15, 0.2) is 9.84 Å². The van der Waals surface area contributed by atoms with E-state index >= 15 is 0 Å². The van der Waals surface area contributed by atoms with Gasteiger partial charge in [-0.25, -0.2) is 13.2 Å². The molecule has 1 saturated heterocycles. The second kappa shape index (κ2) is 9.53. The Morgan fingerprint density at radius 2 is 1.73 bits per heavy atom. The van der Waals surface area contributed by atoms with Gasteiger partial charge < -0.3 is 15.4 Å². The van der Waals surface area contributed by atoms with Crippen LogP contribution in [0.3, 0.4) is 0 Å². The Kier molecular flexibility index (Phi) is 7.04. The molecule has 2 aromatic rings. The lowest BCUT2D eigenvalue weighted by Crippen LogP contribution is -2.60. The van der Waals surface area contributed by atoms with E-state index < -0.39 is 45.6 Å². The van der Waals surface area contributed by atoms with Gasteiger partial charge in [-0.1, -0.05) is 30.3 Å². The summed E-state index contributed by atoms with van der Waals surface area (Å²) in [6.07, 6.45) is 1.95. The first kappa shape index (κ1) is 22.2. The van der Waals surface area contributed by atoms with E-state index in [1.807, 2.05) is 30.5 Å². The summed E-state index contributed by atoms with van der Waals surface area (Å²) in [7, 11) is -3.73. The number of urea groups is 1. The van der Waals surface area contributed by atoms with Crippen molar-refractivity contribution in [2.24, 2.45) is 5.92 Å². The molecule has 3 atom stereocenters. The van der Waals surface area contributed by atoms with Crippen molar-refractivity contribution in [3.63, 3.8) is 0 Å². The van der Waals surface area contributed by atoms with Crippen molar-refractivity contribution < 1.29 is 22.7 Å². The summed E-state index contributed by atoms with van der Waals surface area (Å²) < 4.78 is 31.1. The van der Waals surface area contributed by atoms with Crippen molar-refractivity contribution in [1.82, 2.24) is 10.6 Å². The molecule has 7 nitrogen and oxygen atoms in total. The third kappa shape index (κ3) is 4.96. The quantitative estimate of drug-likeness (QED) is 0.499. The third-order valence-electron chi connectivity index (χ3n) is 4.93. The number of sulfone groups is 1. The van der Waals surface area contributed by atoms with Crippen LogP contribution >= 0.6 is 11.8 Å². The first-order valence-electron chi connectivity index (χ1n) is 9.51. The lowest BCUT2D eigenvalue weighted by molar-refractivity contribution is -0.150. The van der Waals surface area contributed by atoms with E-state index in [-0.39, 0.29) is 11.5 Å². The maximum atomic E-state index is 12.9. The molecule has 2 N–H and O–H groups in total. The number of rotatable bonds is 7. The Bertz CT molecular complexity index is 994. The normalized spacial score (nSPS) is 21.4. The zero-order chi connectivity index (χ0) is 21.7. The molecule has 2 amide bonds. The van der Waals surface area contributed by atoms with Crippen LogP contribution in [-0.4, -0.2) is 45.1 Å². The van der Waals surface area contributed by atoms with E-state index in [0.29, 0.717) is 5.56 Å². The van der Waals surface area contributed by atoms with Gasteiger partial charge in [0.25, 0.3) is 0 Å². The Morgan fingerprint density at radius 1 is 1.07 bits per heavy atom. The summed E-state index contributed by atoms with van der Waals surface area (Å²) in [6, 6.07) is 13.3. The molecule has 1 aliphatic rings. The lowest BCUT2D eigenvalue weighted by Gasteiger charge is -2.37. The van der Waals surface area contributed by atoms with Gasteiger partial charge in [0.1, 0.15) is 5.92 Å². The topological polar surface area (TPSA) is 102 Å². The highest BCUT2D eigenvalue weighted by molar-refractivity contribution is 7.98. The lowest BCUT2D eigenvalue weighted by atomic mass is 9.86. The average Bonchev–Trinajstić information content (AvgIpc) is 2.74. The van der Waals surface area contributed by atoms with Gasteiger partial charge in [-0.05, 0) is 43.0 Å². The number of ether oxygens (including phenoxy) is 1. The van der Waals surface area contributed by atoms with Crippen LogP contribution in [0.25, 0.3) is 0 Å². The molecule has 9 heteroatoms. The molecule has 3 unspecified atom stereocenters. The van der Waals surface area contributed by atoms with Crippen molar-refractivity contribution in [3.05, 3.63) is 60.2 Å². The second-order valence-corrected chi connectivity index (χ2v) is 9.76. The Labute approximate surface area is 180 Å². The van der Waals surface area contributed by atoms with Crippen LogP contribution in [0.5, 0.6) is 0 Å². The molecule has 1 heterocycles. The molecule has 1 fully saturated rings. The fourth-order valence-corrected chi connectivity index (χ4v) is 5.45. The van der Waals surface area contributed by atoms with Gasteiger partial charge in [-0.3, -0.25) is 4.79 Å². The summed E-state index contributed by atoms with van der Waals surface area (Å²) in [4.78, 5) is 26.4. The summed E-state index contributed by atoms with van der Waals surface area (Å²) in [5.41, 5.74) is 0.711. The van der Waals surface area contributed by atoms with E-state index in [1.165, 1.54) is 12.1 Å². The summed E-state index contributed by atoms with van der Waals surface area (Å²) in [5.74, 6) is -1.87. The zero-order valence-corrected chi connectivity index (χ0v) is 18.3. The molecule has 30 heavy (non-hydrogen) atoms. The molecule has 3 rings (SSSR count). The smallest absolute Gasteiger partial charge is 0.315 e. The number of nitrogens with one attached hydrogen (secondary N) is 2. The molecule has 0 saturated carbocycles. The Balaban J connectivity index is 1.97. The molecule has 0 aromatic heterocycles.